The molecular weight excluding hydrogens is 422 g/mol. The molecule has 1 aromatic carbocycles. The standard InChI is InChI=1S/C21H31N3O6S/c1-2-3-15-30-16-8-10-17(11-9-16)31(28,29)24-14-6-7-18(19(24)20(25)22-27)21(26)23-12-4-5-13-23/h8-11,18-19,27H,2-7,12-15H2,1H3,(H,22,25). The number of nitrogens with zero attached hydrogens (tertiary/aromatic N) is 2. The van der Waals surface area contributed by atoms with E-state index in [1.54, 1.807) is 22.5 Å². The highest BCUT2D eigenvalue weighted by Crippen LogP contribution is 2.32. The van der Waals surface area contributed by atoms with Crippen LogP contribution in [0.25, 0.3) is 0 Å². The van der Waals surface area contributed by atoms with Gasteiger partial charge in [-0.25, -0.2) is 13.9 Å². The summed E-state index contributed by atoms with van der Waals surface area (Å²) in [5, 5.41) is 9.28. The number of unbranched alkanes of at least 4 members (excludes halogenated alkanes) is 1. The van der Waals surface area contributed by atoms with Gasteiger partial charge in [0.2, 0.25) is 15.9 Å². The third-order valence-corrected chi connectivity index (χ3v) is 7.79. The van der Waals surface area contributed by atoms with Gasteiger partial charge in [0.25, 0.3) is 5.91 Å². The first-order valence-electron chi connectivity index (χ1n) is 10.9. The molecule has 9 nitrogen and oxygen atoms in total. The Labute approximate surface area is 183 Å². The predicted molar refractivity (Wildman–Crippen MR) is 113 cm³/mol. The number of amides is 2. The fourth-order valence-corrected chi connectivity index (χ4v) is 5.88. The topological polar surface area (TPSA) is 116 Å². The number of benzene rings is 1. The minimum absolute atomic E-state index is 0.0142. The van der Waals surface area contributed by atoms with E-state index in [2.05, 4.69) is 6.92 Å². The van der Waals surface area contributed by atoms with Gasteiger partial charge in [-0.2, -0.15) is 4.31 Å². The molecule has 2 N–H and O–H groups in total. The van der Waals surface area contributed by atoms with Crippen molar-refractivity contribution in [1.82, 2.24) is 14.7 Å². The van der Waals surface area contributed by atoms with Crippen molar-refractivity contribution in [3.8, 4) is 5.75 Å². The predicted octanol–water partition coefficient (Wildman–Crippen LogP) is 1.76. The first kappa shape index (κ1) is 23.5. The van der Waals surface area contributed by atoms with Crippen molar-refractivity contribution >= 4 is 21.8 Å². The molecule has 2 amide bonds. The van der Waals surface area contributed by atoms with Gasteiger partial charge in [-0.05, 0) is 56.4 Å². The van der Waals surface area contributed by atoms with Gasteiger partial charge in [0.1, 0.15) is 11.8 Å². The zero-order valence-corrected chi connectivity index (χ0v) is 18.6. The van der Waals surface area contributed by atoms with Crippen LogP contribution in [-0.2, 0) is 19.6 Å². The van der Waals surface area contributed by atoms with Crippen LogP contribution < -0.4 is 10.2 Å². The zero-order chi connectivity index (χ0) is 22.4. The van der Waals surface area contributed by atoms with E-state index >= 15 is 0 Å². The van der Waals surface area contributed by atoms with Crippen LogP contribution in [0, 0.1) is 5.92 Å². The number of hydroxylamine groups is 1. The van der Waals surface area contributed by atoms with E-state index in [0.717, 1.165) is 30.0 Å². The Balaban J connectivity index is 1.85. The summed E-state index contributed by atoms with van der Waals surface area (Å²) in [5.74, 6) is -1.38. The van der Waals surface area contributed by atoms with E-state index in [1.807, 2.05) is 0 Å². The van der Waals surface area contributed by atoms with Gasteiger partial charge in [-0.1, -0.05) is 13.3 Å². The van der Waals surface area contributed by atoms with Crippen LogP contribution in [0.3, 0.4) is 0 Å². The van der Waals surface area contributed by atoms with Crippen molar-refractivity contribution in [2.45, 2.75) is 56.4 Å². The van der Waals surface area contributed by atoms with Crippen LogP contribution in [0.2, 0.25) is 0 Å². The molecule has 3 rings (SSSR count). The van der Waals surface area contributed by atoms with Crippen LogP contribution >= 0.6 is 0 Å². The van der Waals surface area contributed by atoms with E-state index in [-0.39, 0.29) is 17.3 Å². The number of sulfonamides is 1. The lowest BCUT2D eigenvalue weighted by Gasteiger charge is -2.39. The number of hydrogen-bond acceptors (Lipinski definition) is 6. The third kappa shape index (κ3) is 5.19. The summed E-state index contributed by atoms with van der Waals surface area (Å²) in [4.78, 5) is 27.3. The van der Waals surface area contributed by atoms with E-state index < -0.39 is 27.9 Å². The number of piperidine rings is 1. The summed E-state index contributed by atoms with van der Waals surface area (Å²) in [6.07, 6.45) is 4.53. The fraction of sp³-hybridized carbons (Fsp3) is 0.619. The smallest absolute Gasteiger partial charge is 0.262 e. The van der Waals surface area contributed by atoms with E-state index in [4.69, 9.17) is 4.74 Å². The first-order chi connectivity index (χ1) is 14.9. The number of nitrogens with one attached hydrogen (secondary N) is 1. The number of carbonyl (C=O) groups excluding carboxylic acids is 2. The molecule has 2 saturated heterocycles. The molecule has 10 heteroatoms. The van der Waals surface area contributed by atoms with Gasteiger partial charge in [0.15, 0.2) is 0 Å². The fourth-order valence-electron chi connectivity index (χ4n) is 4.22. The van der Waals surface area contributed by atoms with Crippen molar-refractivity contribution < 1.29 is 28.0 Å². The monoisotopic (exact) mass is 453 g/mol. The second-order valence-corrected chi connectivity index (χ2v) is 9.88. The Morgan fingerprint density at radius 3 is 2.42 bits per heavy atom. The van der Waals surface area contributed by atoms with Gasteiger partial charge in [-0.15, -0.1) is 0 Å². The largest absolute Gasteiger partial charge is 0.494 e. The first-order valence-corrected chi connectivity index (χ1v) is 12.3. The van der Waals surface area contributed by atoms with Crippen molar-refractivity contribution in [1.29, 1.82) is 0 Å². The van der Waals surface area contributed by atoms with Gasteiger partial charge in [0.05, 0.1) is 17.4 Å². The second-order valence-electron chi connectivity index (χ2n) is 7.99. The molecule has 0 saturated carbocycles. The SMILES string of the molecule is CCCCOc1ccc(S(=O)(=O)N2CCCC(C(=O)N3CCCC3)C2C(=O)NO)cc1. The lowest BCUT2D eigenvalue weighted by atomic mass is 9.89. The molecule has 1 aromatic rings. The minimum atomic E-state index is -4.06. The number of carbonyl (C=O) groups is 2. The molecular formula is C21H31N3O6S. The summed E-state index contributed by atoms with van der Waals surface area (Å²) in [5.41, 5.74) is 1.57. The number of hydrogen-bond donors (Lipinski definition) is 2. The van der Waals surface area contributed by atoms with E-state index in [0.29, 0.717) is 38.3 Å². The molecule has 2 atom stereocenters. The molecule has 2 unspecified atom stereocenters. The number of ether oxygens (including phenoxy) is 1. The van der Waals surface area contributed by atoms with Crippen molar-refractivity contribution in [3.63, 3.8) is 0 Å². The summed E-state index contributed by atoms with van der Waals surface area (Å²) in [7, 11) is -4.06. The lowest BCUT2D eigenvalue weighted by molar-refractivity contribution is -0.146. The Bertz CT molecular complexity index is 868. The normalized spacial score (nSPS) is 22.3. The van der Waals surface area contributed by atoms with Crippen LogP contribution in [0.15, 0.2) is 29.2 Å². The van der Waals surface area contributed by atoms with Gasteiger partial charge in [-0.3, -0.25) is 14.8 Å². The molecule has 2 aliphatic rings. The molecule has 0 aromatic heterocycles. The molecule has 0 spiro atoms. The highest BCUT2D eigenvalue weighted by Gasteiger charge is 2.47. The molecule has 0 radical (unpaired) electrons. The van der Waals surface area contributed by atoms with Crippen LogP contribution in [0.5, 0.6) is 5.75 Å². The van der Waals surface area contributed by atoms with Gasteiger partial charge >= 0.3 is 0 Å². The maximum Gasteiger partial charge on any atom is 0.262 e. The third-order valence-electron chi connectivity index (χ3n) is 5.90. The maximum absolute atomic E-state index is 13.4. The van der Waals surface area contributed by atoms with E-state index in [9.17, 15) is 23.2 Å². The van der Waals surface area contributed by atoms with Crippen LogP contribution in [0.1, 0.15) is 45.4 Å². The van der Waals surface area contributed by atoms with Crippen LogP contribution in [-0.4, -0.2) is 66.9 Å². The van der Waals surface area contributed by atoms with Crippen molar-refractivity contribution in [2.24, 2.45) is 5.92 Å². The summed E-state index contributed by atoms with van der Waals surface area (Å²) in [6.45, 7) is 3.91. The average Bonchev–Trinajstić information content (AvgIpc) is 3.33. The molecule has 2 fully saturated rings. The lowest BCUT2D eigenvalue weighted by Crippen LogP contribution is -2.58. The Morgan fingerprint density at radius 1 is 1.13 bits per heavy atom. The highest BCUT2D eigenvalue weighted by molar-refractivity contribution is 7.89. The van der Waals surface area contributed by atoms with E-state index in [1.165, 1.54) is 12.1 Å². The molecule has 2 aliphatic heterocycles. The van der Waals surface area contributed by atoms with Gasteiger partial charge < -0.3 is 9.64 Å². The Kier molecular flexibility index (Phi) is 7.90. The summed E-state index contributed by atoms with van der Waals surface area (Å²) in [6, 6.07) is 4.76. The summed E-state index contributed by atoms with van der Waals surface area (Å²) >= 11 is 0. The highest BCUT2D eigenvalue weighted by atomic mass is 32.2. The summed E-state index contributed by atoms with van der Waals surface area (Å²) < 4.78 is 33.4. The molecule has 2 heterocycles. The molecule has 31 heavy (non-hydrogen) atoms. The number of likely N-dealkylation sites (tertiary alicyclic amines) is 1. The van der Waals surface area contributed by atoms with Crippen molar-refractivity contribution in [2.75, 3.05) is 26.2 Å². The molecule has 0 aliphatic carbocycles. The van der Waals surface area contributed by atoms with Crippen LogP contribution in [0.4, 0.5) is 0 Å². The molecule has 0 bridgehead atoms. The average molecular weight is 454 g/mol. The quantitative estimate of drug-likeness (QED) is 0.352. The zero-order valence-electron chi connectivity index (χ0n) is 17.8. The molecule has 172 valence electrons. The van der Waals surface area contributed by atoms with Gasteiger partial charge in [0, 0.05) is 19.6 Å². The maximum atomic E-state index is 13.4. The second kappa shape index (κ2) is 10.4. The minimum Gasteiger partial charge on any atom is -0.494 e. The Morgan fingerprint density at radius 2 is 1.81 bits per heavy atom. The number of rotatable bonds is 8. The van der Waals surface area contributed by atoms with Crippen molar-refractivity contribution in [3.05, 3.63) is 24.3 Å². The Hall–Kier alpha value is -2.17.